The van der Waals surface area contributed by atoms with Gasteiger partial charge in [-0.2, -0.15) is 0 Å². The van der Waals surface area contributed by atoms with Gasteiger partial charge >= 0.3 is 12.1 Å². The van der Waals surface area contributed by atoms with Crippen molar-refractivity contribution in [2.75, 3.05) is 45.2 Å². The lowest BCUT2D eigenvalue weighted by Gasteiger charge is -2.36. The van der Waals surface area contributed by atoms with E-state index in [9.17, 15) is 22.8 Å². The summed E-state index contributed by atoms with van der Waals surface area (Å²) in [5.74, 6) is -3.18. The van der Waals surface area contributed by atoms with Crippen molar-refractivity contribution in [1.82, 2.24) is 14.7 Å². The van der Waals surface area contributed by atoms with Gasteiger partial charge in [0.1, 0.15) is 0 Å². The molecule has 5 rings (SSSR count). The quantitative estimate of drug-likeness (QED) is 0.545. The summed E-state index contributed by atoms with van der Waals surface area (Å²) in [6.07, 6.45) is 3.74. The highest BCUT2D eigenvalue weighted by Gasteiger charge is 2.30. The molecule has 2 aromatic rings. The molecule has 10 heteroatoms. The Bertz CT molecular complexity index is 1180. The molecule has 2 saturated heterocycles. The Morgan fingerprint density at radius 2 is 1.66 bits per heavy atom. The number of likely N-dealkylation sites (tertiary alicyclic amines) is 1. The lowest BCUT2D eigenvalue weighted by atomic mass is 9.89. The van der Waals surface area contributed by atoms with Crippen molar-refractivity contribution in [2.45, 2.75) is 44.7 Å². The first-order valence-electron chi connectivity index (χ1n) is 13.2. The lowest BCUT2D eigenvalue weighted by Crippen LogP contribution is -2.46. The average Bonchev–Trinajstić information content (AvgIpc) is 3.37. The maximum absolute atomic E-state index is 14.1. The largest absolute Gasteiger partial charge is 0.381 e. The normalized spacial score (nSPS) is 18.4. The number of piperidine rings is 1. The standard InChI is InChI=1S/C28H33F3N4O3/c1-33(15-18-8-12-38-13-9-18)28(37)34-10-6-20(7-11-34)19-2-4-22(5-3-19)32-27(36)35-16-21-14-24(29)26(31)25(30)23(21)17-35/h2-5,14,18,20H,6-13,15-17H2,1H3,(H,32,36). The van der Waals surface area contributed by atoms with Crippen molar-refractivity contribution in [3.8, 4) is 0 Å². The Kier molecular flexibility index (Phi) is 7.78. The number of nitrogens with one attached hydrogen (secondary N) is 1. The monoisotopic (exact) mass is 530 g/mol. The molecule has 0 spiro atoms. The highest BCUT2D eigenvalue weighted by molar-refractivity contribution is 5.89. The Morgan fingerprint density at radius 1 is 0.974 bits per heavy atom. The van der Waals surface area contributed by atoms with Crippen molar-refractivity contribution in [3.63, 3.8) is 0 Å². The van der Waals surface area contributed by atoms with E-state index < -0.39 is 23.5 Å². The number of nitrogens with zero attached hydrogens (tertiary/aromatic N) is 3. The number of carbonyl (C=O) groups excluding carboxylic acids is 2. The minimum atomic E-state index is -1.51. The number of carbonyl (C=O) groups is 2. The molecule has 0 bridgehead atoms. The Labute approximate surface area is 220 Å². The van der Waals surface area contributed by atoms with Crippen LogP contribution in [0.25, 0.3) is 0 Å². The summed E-state index contributed by atoms with van der Waals surface area (Å²) in [5.41, 5.74) is 2.00. The molecule has 0 radical (unpaired) electrons. The summed E-state index contributed by atoms with van der Waals surface area (Å²) in [4.78, 5) is 30.7. The molecular formula is C28H33F3N4O3. The Morgan fingerprint density at radius 3 is 2.34 bits per heavy atom. The third-order valence-electron chi connectivity index (χ3n) is 7.95. The van der Waals surface area contributed by atoms with Crippen LogP contribution in [0.2, 0.25) is 0 Å². The minimum Gasteiger partial charge on any atom is -0.381 e. The SMILES string of the molecule is CN(CC1CCOCC1)C(=O)N1CCC(c2ccc(NC(=O)N3Cc4cc(F)c(F)c(F)c4C3)cc2)CC1. The van der Waals surface area contributed by atoms with Gasteiger partial charge < -0.3 is 24.8 Å². The van der Waals surface area contributed by atoms with Crippen molar-refractivity contribution in [1.29, 1.82) is 0 Å². The van der Waals surface area contributed by atoms with E-state index in [1.165, 1.54) is 4.90 Å². The molecule has 0 saturated carbocycles. The van der Waals surface area contributed by atoms with Crippen molar-refractivity contribution < 1.29 is 27.5 Å². The van der Waals surface area contributed by atoms with Crippen LogP contribution in [0.5, 0.6) is 0 Å². The fraction of sp³-hybridized carbons (Fsp3) is 0.500. The molecule has 1 N–H and O–H groups in total. The molecule has 0 aromatic heterocycles. The highest BCUT2D eigenvalue weighted by atomic mass is 19.2. The zero-order chi connectivity index (χ0) is 26.8. The van der Waals surface area contributed by atoms with E-state index in [-0.39, 0.29) is 30.2 Å². The van der Waals surface area contributed by atoms with E-state index in [0.717, 1.165) is 57.1 Å². The van der Waals surface area contributed by atoms with Crippen LogP contribution in [0.15, 0.2) is 30.3 Å². The topological polar surface area (TPSA) is 65.1 Å². The van der Waals surface area contributed by atoms with Crippen molar-refractivity contribution in [2.24, 2.45) is 5.92 Å². The maximum atomic E-state index is 14.1. The van der Waals surface area contributed by atoms with Gasteiger partial charge in [0.2, 0.25) is 0 Å². The maximum Gasteiger partial charge on any atom is 0.322 e. The first-order valence-corrected chi connectivity index (χ1v) is 13.2. The fourth-order valence-electron chi connectivity index (χ4n) is 5.67. The Balaban J connectivity index is 1.10. The van der Waals surface area contributed by atoms with Crippen molar-refractivity contribution in [3.05, 3.63) is 64.5 Å². The summed E-state index contributed by atoms with van der Waals surface area (Å²) in [7, 11) is 1.88. The first kappa shape index (κ1) is 26.3. The Hall–Kier alpha value is -3.27. The fourth-order valence-corrected chi connectivity index (χ4v) is 5.67. The second kappa shape index (κ2) is 11.2. The van der Waals surface area contributed by atoms with Crippen LogP contribution in [0.3, 0.4) is 0 Å². The molecule has 3 aliphatic heterocycles. The lowest BCUT2D eigenvalue weighted by molar-refractivity contribution is 0.0557. The van der Waals surface area contributed by atoms with Gasteiger partial charge in [-0.3, -0.25) is 0 Å². The third kappa shape index (κ3) is 5.60. The molecular weight excluding hydrogens is 497 g/mol. The zero-order valence-corrected chi connectivity index (χ0v) is 21.5. The summed E-state index contributed by atoms with van der Waals surface area (Å²) in [6.45, 7) is 3.60. The number of amides is 4. The van der Waals surface area contributed by atoms with Gasteiger partial charge in [0, 0.05) is 57.7 Å². The van der Waals surface area contributed by atoms with Gasteiger partial charge in [-0.15, -0.1) is 0 Å². The van der Waals surface area contributed by atoms with Gasteiger partial charge in [-0.25, -0.2) is 22.8 Å². The number of benzene rings is 2. The number of hydrogen-bond donors (Lipinski definition) is 1. The second-order valence-electron chi connectivity index (χ2n) is 10.5. The number of urea groups is 2. The minimum absolute atomic E-state index is 0.00834. The number of halogens is 3. The molecule has 204 valence electrons. The molecule has 4 amide bonds. The predicted octanol–water partition coefficient (Wildman–Crippen LogP) is 5.31. The molecule has 0 unspecified atom stereocenters. The van der Waals surface area contributed by atoms with Crippen LogP contribution in [0.1, 0.15) is 48.3 Å². The number of rotatable bonds is 4. The van der Waals surface area contributed by atoms with Gasteiger partial charge in [-0.1, -0.05) is 12.1 Å². The van der Waals surface area contributed by atoms with E-state index in [4.69, 9.17) is 4.74 Å². The highest BCUT2D eigenvalue weighted by Crippen LogP contribution is 2.31. The summed E-state index contributed by atoms with van der Waals surface area (Å²) >= 11 is 0. The van der Waals surface area contributed by atoms with E-state index in [0.29, 0.717) is 30.6 Å². The van der Waals surface area contributed by atoms with Crippen LogP contribution in [0, 0.1) is 23.4 Å². The zero-order valence-electron chi connectivity index (χ0n) is 21.5. The van der Waals surface area contributed by atoms with Crippen LogP contribution in [-0.2, 0) is 17.8 Å². The van der Waals surface area contributed by atoms with Gasteiger partial charge in [0.25, 0.3) is 0 Å². The summed E-state index contributed by atoms with van der Waals surface area (Å²) in [6, 6.07) is 8.13. The third-order valence-corrected chi connectivity index (χ3v) is 7.95. The van der Waals surface area contributed by atoms with E-state index in [2.05, 4.69) is 5.32 Å². The smallest absolute Gasteiger partial charge is 0.322 e. The predicted molar refractivity (Wildman–Crippen MR) is 136 cm³/mol. The van der Waals surface area contributed by atoms with Gasteiger partial charge in [0.15, 0.2) is 17.5 Å². The molecule has 2 fully saturated rings. The van der Waals surface area contributed by atoms with E-state index in [1.54, 1.807) is 0 Å². The summed E-state index contributed by atoms with van der Waals surface area (Å²) < 4.78 is 46.5. The van der Waals surface area contributed by atoms with Crippen LogP contribution in [0.4, 0.5) is 28.4 Å². The molecule has 38 heavy (non-hydrogen) atoms. The first-order chi connectivity index (χ1) is 18.3. The molecule has 7 nitrogen and oxygen atoms in total. The molecule has 0 atom stereocenters. The number of fused-ring (bicyclic) bond motifs is 1. The van der Waals surface area contributed by atoms with Crippen LogP contribution >= 0.6 is 0 Å². The second-order valence-corrected chi connectivity index (χ2v) is 10.5. The molecule has 3 aliphatic rings. The number of hydrogen-bond acceptors (Lipinski definition) is 3. The number of anilines is 1. The molecule has 3 heterocycles. The van der Waals surface area contributed by atoms with Crippen LogP contribution < -0.4 is 5.32 Å². The van der Waals surface area contributed by atoms with Gasteiger partial charge in [0.05, 0.1) is 6.54 Å². The van der Waals surface area contributed by atoms with Crippen LogP contribution in [-0.4, -0.2) is 66.7 Å². The summed E-state index contributed by atoms with van der Waals surface area (Å²) in [5, 5.41) is 2.78. The number of ether oxygens (including phenoxy) is 1. The molecule has 2 aromatic carbocycles. The average molecular weight is 531 g/mol. The van der Waals surface area contributed by atoms with Crippen molar-refractivity contribution >= 4 is 17.7 Å². The van der Waals surface area contributed by atoms with E-state index >= 15 is 0 Å². The van der Waals surface area contributed by atoms with E-state index in [1.807, 2.05) is 41.1 Å². The molecule has 0 aliphatic carbocycles. The van der Waals surface area contributed by atoms with Gasteiger partial charge in [-0.05, 0) is 66.8 Å².